The third kappa shape index (κ3) is 6.31. The monoisotopic (exact) mass is 623 g/mol. The van der Waals surface area contributed by atoms with Crippen molar-refractivity contribution in [3.05, 3.63) is 77.4 Å². The Morgan fingerprint density at radius 2 is 1.41 bits per heavy atom. The highest BCUT2D eigenvalue weighted by Crippen LogP contribution is 2.37. The van der Waals surface area contributed by atoms with Gasteiger partial charge in [-0.25, -0.2) is 8.42 Å². The molecule has 1 amide bonds. The first-order chi connectivity index (χ1) is 21.2. The summed E-state index contributed by atoms with van der Waals surface area (Å²) < 4.78 is 51.1. The first-order valence-electron chi connectivity index (χ1n) is 14.3. The number of fused-ring (bicyclic) bond motifs is 1. The Balaban J connectivity index is 1.33. The maximum absolute atomic E-state index is 13.9. The molecule has 0 aromatic heterocycles. The van der Waals surface area contributed by atoms with Crippen LogP contribution >= 0.6 is 0 Å². The minimum absolute atomic E-state index is 0.162. The summed E-state index contributed by atoms with van der Waals surface area (Å²) in [5, 5.41) is 0. The molecule has 0 radical (unpaired) electrons. The molecule has 2 aliphatic rings. The third-order valence-corrected chi connectivity index (χ3v) is 9.85. The lowest BCUT2D eigenvalue weighted by Crippen LogP contribution is -2.50. The standard InChI is InChI=1S/C32H37N3O8S/c1-22(36)43-31(23-8-6-5-7-9-23)32(37)34-16-14-33(15-17-34)27-20-26(10-11-28(27)40-2)44(38,39)35-13-12-24-18-29(41-3)30(42-4)19-25(24)21-35/h5-11,18-20,31H,12-17,21H2,1-4H3/t31-/m1/s1. The highest BCUT2D eigenvalue weighted by molar-refractivity contribution is 7.89. The van der Waals surface area contributed by atoms with Gasteiger partial charge in [-0.1, -0.05) is 30.3 Å². The molecule has 1 atom stereocenters. The second-order valence-corrected chi connectivity index (χ2v) is 12.5. The SMILES string of the molecule is COc1cc2c(cc1OC)CN(S(=O)(=O)c1ccc(OC)c(N3CCN(C(=O)[C@H](OC(C)=O)c4ccccc4)CC3)c1)CC2. The average molecular weight is 624 g/mol. The molecule has 44 heavy (non-hydrogen) atoms. The van der Waals surface area contributed by atoms with Crippen molar-refractivity contribution in [3.63, 3.8) is 0 Å². The van der Waals surface area contributed by atoms with E-state index in [1.807, 2.05) is 23.1 Å². The highest BCUT2D eigenvalue weighted by Gasteiger charge is 2.33. The van der Waals surface area contributed by atoms with Crippen LogP contribution in [0.2, 0.25) is 0 Å². The zero-order valence-electron chi connectivity index (χ0n) is 25.3. The fourth-order valence-electron chi connectivity index (χ4n) is 5.68. The number of carbonyl (C=O) groups is 2. The maximum Gasteiger partial charge on any atom is 0.303 e. The zero-order chi connectivity index (χ0) is 31.4. The fourth-order valence-corrected chi connectivity index (χ4v) is 7.12. The van der Waals surface area contributed by atoms with E-state index in [1.54, 1.807) is 68.7 Å². The molecule has 1 saturated heterocycles. The van der Waals surface area contributed by atoms with Crippen LogP contribution in [0.1, 0.15) is 29.7 Å². The molecule has 0 unspecified atom stereocenters. The van der Waals surface area contributed by atoms with Crippen LogP contribution in [0.3, 0.4) is 0 Å². The molecule has 11 nitrogen and oxygen atoms in total. The van der Waals surface area contributed by atoms with Gasteiger partial charge in [-0.05, 0) is 47.9 Å². The number of nitrogens with zero attached hydrogens (tertiary/aromatic N) is 3. The molecule has 234 valence electrons. The fraction of sp³-hybridized carbons (Fsp3) is 0.375. The molecule has 0 spiro atoms. The zero-order valence-corrected chi connectivity index (χ0v) is 26.1. The molecule has 0 N–H and O–H groups in total. The Labute approximate surface area is 257 Å². The summed E-state index contributed by atoms with van der Waals surface area (Å²) in [6.07, 6.45) is -0.482. The van der Waals surface area contributed by atoms with E-state index in [0.29, 0.717) is 67.6 Å². The Morgan fingerprint density at radius 3 is 2.02 bits per heavy atom. The van der Waals surface area contributed by atoms with E-state index in [0.717, 1.165) is 11.1 Å². The number of ether oxygens (including phenoxy) is 4. The van der Waals surface area contributed by atoms with Crippen LogP contribution in [0, 0.1) is 0 Å². The highest BCUT2D eigenvalue weighted by atomic mass is 32.2. The van der Waals surface area contributed by atoms with Crippen molar-refractivity contribution in [2.75, 3.05) is 59.0 Å². The lowest BCUT2D eigenvalue weighted by atomic mass is 10.0. The van der Waals surface area contributed by atoms with E-state index >= 15 is 0 Å². The Kier molecular flexibility index (Phi) is 9.31. The van der Waals surface area contributed by atoms with Gasteiger partial charge in [0.2, 0.25) is 16.1 Å². The molecule has 3 aromatic rings. The van der Waals surface area contributed by atoms with Crippen molar-refractivity contribution in [1.82, 2.24) is 9.21 Å². The van der Waals surface area contributed by atoms with Gasteiger partial charge in [0.05, 0.1) is 31.9 Å². The van der Waals surface area contributed by atoms with Crippen molar-refractivity contribution in [3.8, 4) is 17.2 Å². The summed E-state index contributed by atoms with van der Waals surface area (Å²) in [4.78, 5) is 29.1. The first-order valence-corrected chi connectivity index (χ1v) is 15.8. The average Bonchev–Trinajstić information content (AvgIpc) is 3.05. The molecule has 1 fully saturated rings. The van der Waals surface area contributed by atoms with Gasteiger partial charge >= 0.3 is 5.97 Å². The van der Waals surface area contributed by atoms with Gasteiger partial charge in [0.15, 0.2) is 11.5 Å². The number of hydrogen-bond donors (Lipinski definition) is 0. The summed E-state index contributed by atoms with van der Waals surface area (Å²) >= 11 is 0. The molecule has 0 saturated carbocycles. The first kappa shape index (κ1) is 31.1. The van der Waals surface area contributed by atoms with Crippen molar-refractivity contribution in [1.29, 1.82) is 0 Å². The summed E-state index contributed by atoms with van der Waals surface area (Å²) in [7, 11) is 0.833. The second-order valence-electron chi connectivity index (χ2n) is 10.6. The van der Waals surface area contributed by atoms with E-state index in [9.17, 15) is 18.0 Å². The van der Waals surface area contributed by atoms with E-state index in [2.05, 4.69) is 0 Å². The Morgan fingerprint density at radius 1 is 0.773 bits per heavy atom. The number of benzene rings is 3. The van der Waals surface area contributed by atoms with Gasteiger partial charge in [0.1, 0.15) is 5.75 Å². The normalized spacial score (nSPS) is 16.1. The molecule has 2 heterocycles. The van der Waals surface area contributed by atoms with Crippen molar-refractivity contribution in [2.45, 2.75) is 30.9 Å². The predicted octanol–water partition coefficient (Wildman–Crippen LogP) is 3.41. The van der Waals surface area contributed by atoms with Crippen LogP contribution in [0.5, 0.6) is 17.2 Å². The third-order valence-electron chi connectivity index (χ3n) is 8.01. The van der Waals surface area contributed by atoms with Gasteiger partial charge < -0.3 is 28.7 Å². The molecular weight excluding hydrogens is 586 g/mol. The molecule has 0 aliphatic carbocycles. The topological polar surface area (TPSA) is 115 Å². The summed E-state index contributed by atoms with van der Waals surface area (Å²) in [5.41, 5.74) is 3.13. The number of amides is 1. The number of esters is 1. The largest absolute Gasteiger partial charge is 0.495 e. The molecule has 5 rings (SSSR count). The minimum Gasteiger partial charge on any atom is -0.495 e. The lowest BCUT2D eigenvalue weighted by molar-refractivity contribution is -0.159. The van der Waals surface area contributed by atoms with Crippen LogP contribution in [0.4, 0.5) is 5.69 Å². The minimum atomic E-state index is -3.84. The van der Waals surface area contributed by atoms with E-state index in [4.69, 9.17) is 18.9 Å². The van der Waals surface area contributed by atoms with Crippen LogP contribution < -0.4 is 19.1 Å². The molecule has 12 heteroatoms. The number of piperazine rings is 1. The predicted molar refractivity (Wildman–Crippen MR) is 164 cm³/mol. The number of methoxy groups -OCH3 is 3. The lowest BCUT2D eigenvalue weighted by Gasteiger charge is -2.38. The van der Waals surface area contributed by atoms with E-state index in [1.165, 1.54) is 11.2 Å². The van der Waals surface area contributed by atoms with Crippen LogP contribution in [-0.2, 0) is 37.3 Å². The quantitative estimate of drug-likeness (QED) is 0.331. The van der Waals surface area contributed by atoms with Gasteiger partial charge in [-0.15, -0.1) is 0 Å². The maximum atomic E-state index is 13.9. The summed E-state index contributed by atoms with van der Waals surface area (Å²) in [6, 6.07) is 17.5. The summed E-state index contributed by atoms with van der Waals surface area (Å²) in [6.45, 7) is 3.42. The molecular formula is C32H37N3O8S. The van der Waals surface area contributed by atoms with Crippen LogP contribution in [-0.4, -0.2) is 83.6 Å². The Hall–Kier alpha value is -4.29. The smallest absolute Gasteiger partial charge is 0.303 e. The second kappa shape index (κ2) is 13.1. The Bertz CT molecular complexity index is 1620. The van der Waals surface area contributed by atoms with Crippen molar-refractivity contribution in [2.24, 2.45) is 0 Å². The van der Waals surface area contributed by atoms with E-state index < -0.39 is 22.1 Å². The van der Waals surface area contributed by atoms with Gasteiger partial charge in [-0.3, -0.25) is 9.59 Å². The van der Waals surface area contributed by atoms with Gasteiger partial charge in [-0.2, -0.15) is 4.31 Å². The number of carbonyl (C=O) groups excluding carboxylic acids is 2. The van der Waals surface area contributed by atoms with Crippen LogP contribution in [0.15, 0.2) is 65.6 Å². The van der Waals surface area contributed by atoms with Crippen molar-refractivity contribution < 1.29 is 37.0 Å². The number of rotatable bonds is 9. The number of anilines is 1. The number of hydrogen-bond acceptors (Lipinski definition) is 9. The molecule has 2 aliphatic heterocycles. The van der Waals surface area contributed by atoms with Gasteiger partial charge in [0.25, 0.3) is 5.91 Å². The van der Waals surface area contributed by atoms with Crippen LogP contribution in [0.25, 0.3) is 0 Å². The van der Waals surface area contributed by atoms with E-state index in [-0.39, 0.29) is 17.3 Å². The van der Waals surface area contributed by atoms with Crippen molar-refractivity contribution >= 4 is 27.6 Å². The summed E-state index contributed by atoms with van der Waals surface area (Å²) in [5.74, 6) is 0.870. The molecule has 0 bridgehead atoms. The number of sulfonamides is 1. The molecule has 3 aromatic carbocycles. The van der Waals surface area contributed by atoms with Gasteiger partial charge in [0, 0.05) is 51.8 Å².